The number of rotatable bonds is 1. The lowest BCUT2D eigenvalue weighted by Gasteiger charge is -2.14. The van der Waals surface area contributed by atoms with Gasteiger partial charge in [-0.3, -0.25) is 0 Å². The highest BCUT2D eigenvalue weighted by atomic mass is 32.1. The van der Waals surface area contributed by atoms with Gasteiger partial charge in [0.15, 0.2) is 0 Å². The standard InChI is InChI=1S/C36H23NS/c1-3-13-27-25(11-1)26-12-2-4-14-28(26)30-16-6-9-19-34(30)37(33-18-8-5-15-29(27)33)24-21-22-36-32(23-24)31-17-7-10-20-35(31)38-36/h1-23H. The summed E-state index contributed by atoms with van der Waals surface area (Å²) in [5.74, 6) is 0. The molecular weight excluding hydrogens is 478 g/mol. The zero-order valence-electron chi connectivity index (χ0n) is 20.6. The summed E-state index contributed by atoms with van der Waals surface area (Å²) in [5.41, 5.74) is 3.52. The average molecular weight is 502 g/mol. The summed E-state index contributed by atoms with van der Waals surface area (Å²) >= 11 is 1.86. The smallest absolute Gasteiger partial charge is 0.0540 e. The molecule has 1 nitrogen and oxygen atoms in total. The number of para-hydroxylation sites is 2. The van der Waals surface area contributed by atoms with Crippen molar-refractivity contribution in [3.8, 4) is 5.69 Å². The van der Waals surface area contributed by atoms with Crippen LogP contribution in [-0.4, -0.2) is 4.57 Å². The van der Waals surface area contributed by atoms with Crippen LogP contribution >= 0.6 is 11.3 Å². The van der Waals surface area contributed by atoms with Crippen molar-refractivity contribution in [2.75, 3.05) is 0 Å². The van der Waals surface area contributed by atoms with Crippen molar-refractivity contribution in [1.82, 2.24) is 4.57 Å². The van der Waals surface area contributed by atoms with Gasteiger partial charge in [-0.2, -0.15) is 0 Å². The third-order valence-electron chi connectivity index (χ3n) is 7.63. The van der Waals surface area contributed by atoms with Gasteiger partial charge < -0.3 is 4.57 Å². The highest BCUT2D eigenvalue weighted by Gasteiger charge is 2.12. The van der Waals surface area contributed by atoms with E-state index >= 15 is 0 Å². The van der Waals surface area contributed by atoms with Crippen LogP contribution in [0.25, 0.3) is 69.2 Å². The summed E-state index contributed by atoms with van der Waals surface area (Å²) in [7, 11) is 0. The van der Waals surface area contributed by atoms with Crippen molar-refractivity contribution >= 4 is 74.9 Å². The Kier molecular flexibility index (Phi) is 4.76. The first-order chi connectivity index (χ1) is 18.9. The van der Waals surface area contributed by atoms with Crippen molar-refractivity contribution in [2.45, 2.75) is 0 Å². The second kappa shape index (κ2) is 8.44. The molecule has 0 aliphatic carbocycles. The zero-order chi connectivity index (χ0) is 25.1. The van der Waals surface area contributed by atoms with E-state index in [4.69, 9.17) is 0 Å². The average Bonchev–Trinajstić information content (AvgIpc) is 3.37. The van der Waals surface area contributed by atoms with Crippen LogP contribution in [0.2, 0.25) is 0 Å². The van der Waals surface area contributed by atoms with E-state index < -0.39 is 0 Å². The minimum Gasteiger partial charge on any atom is -0.309 e. The van der Waals surface area contributed by atoms with E-state index in [1.807, 2.05) is 11.3 Å². The van der Waals surface area contributed by atoms with Gasteiger partial charge >= 0.3 is 0 Å². The second-order valence-electron chi connectivity index (χ2n) is 9.74. The first-order valence-corrected chi connectivity index (χ1v) is 13.8. The first-order valence-electron chi connectivity index (χ1n) is 13.0. The van der Waals surface area contributed by atoms with Crippen LogP contribution in [0, 0.1) is 0 Å². The van der Waals surface area contributed by atoms with Gasteiger partial charge in [0.05, 0.1) is 11.0 Å². The molecule has 0 bridgehead atoms. The predicted octanol–water partition coefficient (Wildman–Crippen LogP) is 10.6. The molecule has 8 rings (SSSR count). The molecule has 0 fully saturated rings. The molecule has 8 aromatic rings. The van der Waals surface area contributed by atoms with E-state index in [-0.39, 0.29) is 0 Å². The van der Waals surface area contributed by atoms with Gasteiger partial charge in [-0.1, -0.05) is 103 Å². The molecule has 0 unspecified atom stereocenters. The molecule has 0 N–H and O–H groups in total. The Labute approximate surface area is 224 Å². The highest BCUT2D eigenvalue weighted by Crippen LogP contribution is 2.37. The maximum absolute atomic E-state index is 2.45. The summed E-state index contributed by atoms with van der Waals surface area (Å²) in [5, 5.41) is 10.1. The lowest BCUT2D eigenvalue weighted by molar-refractivity contribution is 1.18. The molecule has 38 heavy (non-hydrogen) atoms. The van der Waals surface area contributed by atoms with Gasteiger partial charge in [0.1, 0.15) is 0 Å². The summed E-state index contributed by atoms with van der Waals surface area (Å²) in [4.78, 5) is 0. The minimum atomic E-state index is 1.16. The molecule has 0 saturated heterocycles. The molecule has 0 radical (unpaired) electrons. The minimum absolute atomic E-state index is 1.16. The van der Waals surface area contributed by atoms with Crippen LogP contribution in [0.3, 0.4) is 0 Å². The Morgan fingerprint density at radius 1 is 0.342 bits per heavy atom. The molecule has 0 aliphatic heterocycles. The van der Waals surface area contributed by atoms with E-state index in [0.717, 1.165) is 5.69 Å². The van der Waals surface area contributed by atoms with Gasteiger partial charge in [0, 0.05) is 36.6 Å². The van der Waals surface area contributed by atoms with Crippen molar-refractivity contribution < 1.29 is 0 Å². The third kappa shape index (κ3) is 3.17. The van der Waals surface area contributed by atoms with Gasteiger partial charge in [-0.15, -0.1) is 11.3 Å². The molecule has 0 amide bonds. The van der Waals surface area contributed by atoms with Crippen molar-refractivity contribution in [3.05, 3.63) is 140 Å². The molecule has 2 heteroatoms. The second-order valence-corrected chi connectivity index (χ2v) is 10.8. The van der Waals surface area contributed by atoms with E-state index in [2.05, 4.69) is 144 Å². The highest BCUT2D eigenvalue weighted by molar-refractivity contribution is 7.25. The lowest BCUT2D eigenvalue weighted by atomic mass is 10.0. The van der Waals surface area contributed by atoms with E-state index in [0.29, 0.717) is 0 Å². The lowest BCUT2D eigenvalue weighted by Crippen LogP contribution is -1.97. The first kappa shape index (κ1) is 21.4. The predicted molar refractivity (Wildman–Crippen MR) is 166 cm³/mol. The Bertz CT molecular complexity index is 2140. The summed E-state index contributed by atoms with van der Waals surface area (Å²) in [6, 6.07) is 50.9. The van der Waals surface area contributed by atoms with Crippen LogP contribution < -0.4 is 0 Å². The maximum atomic E-state index is 2.45. The van der Waals surface area contributed by atoms with Crippen LogP contribution in [-0.2, 0) is 0 Å². The van der Waals surface area contributed by atoms with Crippen LogP contribution in [0.15, 0.2) is 140 Å². The molecular formula is C36H23NS. The van der Waals surface area contributed by atoms with Gasteiger partial charge in [0.25, 0.3) is 0 Å². The van der Waals surface area contributed by atoms with Crippen LogP contribution in [0.4, 0.5) is 0 Å². The SMILES string of the molecule is c1ccc2c(c1)sc1ccc(-n3c4ccccc4c4ccccc4c4ccccc4c4ccccc43)cc12. The Balaban J connectivity index is 1.68. The number of hydrogen-bond donors (Lipinski definition) is 0. The number of thiophene rings is 1. The number of nitrogens with zero attached hydrogens (tertiary/aromatic N) is 1. The summed E-state index contributed by atoms with van der Waals surface area (Å²) < 4.78 is 5.10. The van der Waals surface area contributed by atoms with E-state index in [9.17, 15) is 0 Å². The third-order valence-corrected chi connectivity index (χ3v) is 8.78. The molecule has 2 aromatic heterocycles. The molecule has 0 aliphatic rings. The number of aromatic nitrogens is 1. The Morgan fingerprint density at radius 2 is 0.763 bits per heavy atom. The molecule has 0 spiro atoms. The van der Waals surface area contributed by atoms with Crippen LogP contribution in [0.5, 0.6) is 0 Å². The Hall–Kier alpha value is -4.66. The fourth-order valence-electron chi connectivity index (χ4n) is 5.96. The fourth-order valence-corrected chi connectivity index (χ4v) is 7.05. The topological polar surface area (TPSA) is 4.93 Å². The fraction of sp³-hybridized carbons (Fsp3) is 0. The van der Waals surface area contributed by atoms with E-state index in [1.165, 1.54) is 63.5 Å². The van der Waals surface area contributed by atoms with Gasteiger partial charge in [-0.05, 0) is 57.9 Å². The maximum Gasteiger partial charge on any atom is 0.0540 e. The molecule has 0 atom stereocenters. The Morgan fingerprint density at radius 3 is 1.34 bits per heavy atom. The summed E-state index contributed by atoms with van der Waals surface area (Å²) in [6.45, 7) is 0. The van der Waals surface area contributed by atoms with Gasteiger partial charge in [-0.25, -0.2) is 0 Å². The molecule has 178 valence electrons. The number of benzene rings is 6. The molecule has 2 heterocycles. The zero-order valence-corrected chi connectivity index (χ0v) is 21.5. The molecule has 0 saturated carbocycles. The van der Waals surface area contributed by atoms with Gasteiger partial charge in [0.2, 0.25) is 0 Å². The van der Waals surface area contributed by atoms with Crippen molar-refractivity contribution in [2.24, 2.45) is 0 Å². The summed E-state index contributed by atoms with van der Waals surface area (Å²) in [6.07, 6.45) is 0. The number of fused-ring (bicyclic) bond motifs is 10. The number of hydrogen-bond acceptors (Lipinski definition) is 1. The molecule has 6 aromatic carbocycles. The largest absolute Gasteiger partial charge is 0.309 e. The van der Waals surface area contributed by atoms with Crippen molar-refractivity contribution in [3.63, 3.8) is 0 Å². The van der Waals surface area contributed by atoms with E-state index in [1.54, 1.807) is 0 Å². The normalized spacial score (nSPS) is 11.7. The van der Waals surface area contributed by atoms with Crippen LogP contribution in [0.1, 0.15) is 0 Å². The van der Waals surface area contributed by atoms with Crippen molar-refractivity contribution in [1.29, 1.82) is 0 Å². The monoisotopic (exact) mass is 501 g/mol. The quantitative estimate of drug-likeness (QED) is 0.211.